The second-order valence-electron chi connectivity index (χ2n) is 3.35. The maximum Gasteiger partial charge on any atom is 0.239 e. The molecule has 1 N–H and O–H groups in total. The van der Waals surface area contributed by atoms with E-state index in [2.05, 4.69) is 36.6 Å². The quantitative estimate of drug-likeness (QED) is 0.738. The largest absolute Gasteiger partial charge is 0.452 e. The van der Waals surface area contributed by atoms with Crippen LogP contribution in [0.15, 0.2) is 37.9 Å². The highest BCUT2D eigenvalue weighted by atomic mass is 79.9. The molecule has 3 rings (SSSR count). The number of aromatic nitrogens is 4. The fourth-order valence-electron chi connectivity index (χ4n) is 1.50. The minimum atomic E-state index is -0.146. The van der Waals surface area contributed by atoms with Crippen LogP contribution in [-0.2, 0) is 0 Å². The predicted molar refractivity (Wildman–Crippen MR) is 63.4 cm³/mol. The van der Waals surface area contributed by atoms with Gasteiger partial charge in [-0.15, -0.1) is 10.2 Å². The Kier molecular flexibility index (Phi) is 2.25. The van der Waals surface area contributed by atoms with Gasteiger partial charge in [-0.3, -0.25) is 4.79 Å². The van der Waals surface area contributed by atoms with Crippen molar-refractivity contribution in [3.63, 3.8) is 0 Å². The third-order valence-electron chi connectivity index (χ3n) is 2.25. The molecule has 0 amide bonds. The molecule has 0 spiro atoms. The van der Waals surface area contributed by atoms with Crippen molar-refractivity contribution in [2.45, 2.75) is 0 Å². The molecular weight excluding hydrogens is 288 g/mol. The van der Waals surface area contributed by atoms with Gasteiger partial charge in [-0.2, -0.15) is 5.21 Å². The van der Waals surface area contributed by atoms with E-state index in [9.17, 15) is 4.79 Å². The molecule has 7 heteroatoms. The van der Waals surface area contributed by atoms with Gasteiger partial charge in [0.15, 0.2) is 11.2 Å². The number of nitrogens with one attached hydrogen (secondary N) is 1. The van der Waals surface area contributed by atoms with Crippen molar-refractivity contribution in [3.8, 4) is 11.6 Å². The molecule has 0 atom stereocenters. The Labute approximate surface area is 103 Å². The van der Waals surface area contributed by atoms with Crippen molar-refractivity contribution in [1.29, 1.82) is 0 Å². The van der Waals surface area contributed by atoms with Crippen LogP contribution in [0.25, 0.3) is 22.6 Å². The number of hydrogen-bond acceptors (Lipinski definition) is 5. The van der Waals surface area contributed by atoms with E-state index in [0.29, 0.717) is 16.7 Å². The summed E-state index contributed by atoms with van der Waals surface area (Å²) in [6.45, 7) is 0. The van der Waals surface area contributed by atoms with Crippen LogP contribution in [0.5, 0.6) is 0 Å². The van der Waals surface area contributed by atoms with Crippen LogP contribution in [0.1, 0.15) is 0 Å². The summed E-state index contributed by atoms with van der Waals surface area (Å²) >= 11 is 3.30. The van der Waals surface area contributed by atoms with E-state index in [1.54, 1.807) is 18.2 Å². The molecule has 0 aliphatic rings. The van der Waals surface area contributed by atoms with E-state index in [4.69, 9.17) is 4.42 Å². The lowest BCUT2D eigenvalue weighted by Gasteiger charge is -1.99. The highest BCUT2D eigenvalue weighted by Gasteiger charge is 2.10. The van der Waals surface area contributed by atoms with E-state index < -0.39 is 0 Å². The summed E-state index contributed by atoms with van der Waals surface area (Å²) in [5.74, 6) is 0.547. The summed E-state index contributed by atoms with van der Waals surface area (Å²) in [4.78, 5) is 11.9. The van der Waals surface area contributed by atoms with Gasteiger partial charge in [-0.1, -0.05) is 15.9 Å². The normalized spacial score (nSPS) is 10.9. The van der Waals surface area contributed by atoms with E-state index >= 15 is 0 Å². The monoisotopic (exact) mass is 292 g/mol. The zero-order valence-electron chi connectivity index (χ0n) is 8.35. The summed E-state index contributed by atoms with van der Waals surface area (Å²) in [7, 11) is 0. The molecule has 2 heterocycles. The molecule has 0 saturated carbocycles. The molecule has 0 aliphatic carbocycles. The van der Waals surface area contributed by atoms with E-state index in [0.717, 1.165) is 4.47 Å². The first-order valence-corrected chi connectivity index (χ1v) is 5.50. The Morgan fingerprint density at radius 2 is 2.18 bits per heavy atom. The molecule has 0 saturated heterocycles. The zero-order chi connectivity index (χ0) is 11.8. The Hall–Kier alpha value is -2.02. The predicted octanol–water partition coefficient (Wildman–Crippen LogP) is 1.74. The Balaban J connectivity index is 2.32. The molecule has 6 nitrogen and oxygen atoms in total. The Morgan fingerprint density at radius 3 is 2.94 bits per heavy atom. The first kappa shape index (κ1) is 10.2. The summed E-state index contributed by atoms with van der Waals surface area (Å²) in [6.07, 6.45) is 0. The SMILES string of the molecule is O=c1cc(-c2nn[nH]n2)oc2ccc(Br)cc12. The van der Waals surface area contributed by atoms with Gasteiger partial charge in [0, 0.05) is 10.5 Å². The van der Waals surface area contributed by atoms with Crippen LogP contribution >= 0.6 is 15.9 Å². The minimum Gasteiger partial charge on any atom is -0.452 e. The molecule has 1 aromatic carbocycles. The molecule has 84 valence electrons. The van der Waals surface area contributed by atoms with Crippen LogP contribution in [0, 0.1) is 0 Å². The number of aromatic amines is 1. The third kappa shape index (κ3) is 1.74. The average Bonchev–Trinajstić information content (AvgIpc) is 2.83. The van der Waals surface area contributed by atoms with Gasteiger partial charge in [0.1, 0.15) is 5.58 Å². The van der Waals surface area contributed by atoms with Gasteiger partial charge < -0.3 is 4.42 Å². The molecule has 0 unspecified atom stereocenters. The fraction of sp³-hybridized carbons (Fsp3) is 0. The van der Waals surface area contributed by atoms with Crippen LogP contribution in [-0.4, -0.2) is 20.6 Å². The molecular formula is C10H5BrN4O2. The van der Waals surface area contributed by atoms with Gasteiger partial charge >= 0.3 is 0 Å². The van der Waals surface area contributed by atoms with Crippen LogP contribution in [0.4, 0.5) is 0 Å². The van der Waals surface area contributed by atoms with E-state index in [1.807, 2.05) is 0 Å². The Bertz CT molecular complexity index is 736. The molecule has 17 heavy (non-hydrogen) atoms. The van der Waals surface area contributed by atoms with Crippen molar-refractivity contribution in [1.82, 2.24) is 20.6 Å². The lowest BCUT2D eigenvalue weighted by Crippen LogP contribution is -2.00. The van der Waals surface area contributed by atoms with Crippen LogP contribution in [0.2, 0.25) is 0 Å². The van der Waals surface area contributed by atoms with Gasteiger partial charge in [0.25, 0.3) is 0 Å². The standard InChI is InChI=1S/C10H5BrN4O2/c11-5-1-2-8-6(3-5)7(16)4-9(17-8)10-12-14-15-13-10/h1-4H,(H,12,13,14,15). The second kappa shape index (κ2) is 3.77. The molecule has 0 aliphatic heterocycles. The summed E-state index contributed by atoms with van der Waals surface area (Å²) in [5.41, 5.74) is 0.341. The number of halogens is 1. The summed E-state index contributed by atoms with van der Waals surface area (Å²) in [6, 6.07) is 6.57. The van der Waals surface area contributed by atoms with Gasteiger partial charge in [-0.25, -0.2) is 0 Å². The molecule has 0 bridgehead atoms. The molecule has 0 radical (unpaired) electrons. The van der Waals surface area contributed by atoms with E-state index in [-0.39, 0.29) is 11.3 Å². The van der Waals surface area contributed by atoms with Crippen molar-refractivity contribution in [2.24, 2.45) is 0 Å². The fourth-order valence-corrected chi connectivity index (χ4v) is 1.87. The number of fused-ring (bicyclic) bond motifs is 1. The Morgan fingerprint density at radius 1 is 1.29 bits per heavy atom. The number of benzene rings is 1. The highest BCUT2D eigenvalue weighted by Crippen LogP contribution is 2.21. The number of rotatable bonds is 1. The second-order valence-corrected chi connectivity index (χ2v) is 4.27. The van der Waals surface area contributed by atoms with Crippen molar-refractivity contribution in [3.05, 3.63) is 39.0 Å². The van der Waals surface area contributed by atoms with Crippen LogP contribution < -0.4 is 5.43 Å². The van der Waals surface area contributed by atoms with E-state index in [1.165, 1.54) is 6.07 Å². The third-order valence-corrected chi connectivity index (χ3v) is 2.75. The number of tetrazole rings is 1. The number of H-pyrrole nitrogens is 1. The first-order chi connectivity index (χ1) is 8.24. The number of hydrogen-bond donors (Lipinski definition) is 1. The summed E-state index contributed by atoms with van der Waals surface area (Å²) in [5, 5.41) is 13.8. The lowest BCUT2D eigenvalue weighted by molar-refractivity contribution is 0.612. The maximum atomic E-state index is 11.9. The average molecular weight is 293 g/mol. The summed E-state index contributed by atoms with van der Waals surface area (Å²) < 4.78 is 6.36. The van der Waals surface area contributed by atoms with Crippen molar-refractivity contribution in [2.75, 3.05) is 0 Å². The first-order valence-electron chi connectivity index (χ1n) is 4.71. The zero-order valence-corrected chi connectivity index (χ0v) is 9.93. The number of nitrogens with zero attached hydrogens (tertiary/aromatic N) is 3. The topological polar surface area (TPSA) is 84.7 Å². The molecule has 3 aromatic rings. The van der Waals surface area contributed by atoms with Gasteiger partial charge in [-0.05, 0) is 23.4 Å². The maximum absolute atomic E-state index is 11.9. The van der Waals surface area contributed by atoms with Crippen molar-refractivity contribution < 1.29 is 4.42 Å². The molecule has 2 aromatic heterocycles. The lowest BCUT2D eigenvalue weighted by atomic mass is 10.2. The molecule has 0 fully saturated rings. The minimum absolute atomic E-state index is 0.146. The van der Waals surface area contributed by atoms with Gasteiger partial charge in [0.2, 0.25) is 5.82 Å². The van der Waals surface area contributed by atoms with Gasteiger partial charge in [0.05, 0.1) is 5.39 Å². The van der Waals surface area contributed by atoms with Crippen molar-refractivity contribution >= 4 is 26.9 Å². The highest BCUT2D eigenvalue weighted by molar-refractivity contribution is 9.10. The van der Waals surface area contributed by atoms with Crippen LogP contribution in [0.3, 0.4) is 0 Å². The smallest absolute Gasteiger partial charge is 0.239 e.